The molecular weight excluding hydrogens is 320 g/mol. The van der Waals surface area contributed by atoms with Gasteiger partial charge in [0.15, 0.2) is 11.5 Å². The molecule has 0 unspecified atom stereocenters. The fourth-order valence-electron chi connectivity index (χ4n) is 2.03. The lowest BCUT2D eigenvalue weighted by molar-refractivity contribution is 0.174. The topological polar surface area (TPSA) is 54.3 Å². The van der Waals surface area contributed by atoms with Gasteiger partial charge in [-0.3, -0.25) is 0 Å². The Balaban J connectivity index is 1.77. The molecule has 0 aromatic heterocycles. The summed E-state index contributed by atoms with van der Waals surface area (Å²) in [5.74, 6) is 1.54. The number of ether oxygens (including phenoxy) is 2. The second kappa shape index (κ2) is 5.43. The van der Waals surface area contributed by atoms with Gasteiger partial charge in [-0.2, -0.15) is 5.26 Å². The van der Waals surface area contributed by atoms with Crippen molar-refractivity contribution in [2.75, 3.05) is 12.1 Å². The molecule has 20 heavy (non-hydrogen) atoms. The first-order valence-corrected chi connectivity index (χ1v) is 6.88. The smallest absolute Gasteiger partial charge is 0.231 e. The van der Waals surface area contributed by atoms with E-state index in [9.17, 15) is 0 Å². The van der Waals surface area contributed by atoms with Crippen molar-refractivity contribution in [3.05, 3.63) is 52.0 Å². The molecule has 0 saturated carbocycles. The van der Waals surface area contributed by atoms with E-state index in [0.29, 0.717) is 12.1 Å². The van der Waals surface area contributed by atoms with E-state index in [0.717, 1.165) is 27.2 Å². The Hall–Kier alpha value is -2.19. The van der Waals surface area contributed by atoms with Gasteiger partial charge in [0, 0.05) is 11.0 Å². The number of nitrogens with zero attached hydrogens (tertiary/aromatic N) is 1. The Morgan fingerprint density at radius 2 is 2.05 bits per heavy atom. The zero-order chi connectivity index (χ0) is 13.9. The molecule has 3 rings (SSSR count). The fraction of sp³-hybridized carbons (Fsp3) is 0.133. The highest BCUT2D eigenvalue weighted by Crippen LogP contribution is 2.33. The maximum atomic E-state index is 9.17. The van der Waals surface area contributed by atoms with Crippen LogP contribution >= 0.6 is 15.9 Å². The number of halogens is 1. The minimum Gasteiger partial charge on any atom is -0.454 e. The first kappa shape index (κ1) is 12.8. The van der Waals surface area contributed by atoms with E-state index < -0.39 is 0 Å². The van der Waals surface area contributed by atoms with Crippen molar-refractivity contribution in [2.24, 2.45) is 0 Å². The van der Waals surface area contributed by atoms with Gasteiger partial charge in [0.05, 0.1) is 11.3 Å². The number of benzene rings is 2. The summed E-state index contributed by atoms with van der Waals surface area (Å²) in [7, 11) is 0. The minimum atomic E-state index is 0.274. The van der Waals surface area contributed by atoms with Gasteiger partial charge >= 0.3 is 0 Å². The molecule has 2 aromatic carbocycles. The number of nitriles is 1. The number of anilines is 1. The largest absolute Gasteiger partial charge is 0.454 e. The summed E-state index contributed by atoms with van der Waals surface area (Å²) in [6, 6.07) is 13.6. The molecule has 0 bridgehead atoms. The number of nitrogens with one attached hydrogen (secondary N) is 1. The molecule has 5 heteroatoms. The van der Waals surface area contributed by atoms with Gasteiger partial charge in [-0.25, -0.2) is 0 Å². The van der Waals surface area contributed by atoms with Crippen LogP contribution < -0.4 is 14.8 Å². The summed E-state index contributed by atoms with van der Waals surface area (Å²) in [6.45, 7) is 0.887. The van der Waals surface area contributed by atoms with Gasteiger partial charge in [0.1, 0.15) is 6.07 Å². The lowest BCUT2D eigenvalue weighted by Crippen LogP contribution is -2.01. The van der Waals surface area contributed by atoms with Crippen LogP contribution in [-0.2, 0) is 6.54 Å². The normalized spacial score (nSPS) is 12.0. The van der Waals surface area contributed by atoms with Crippen LogP contribution in [0.25, 0.3) is 0 Å². The van der Waals surface area contributed by atoms with Crippen molar-refractivity contribution < 1.29 is 9.47 Å². The highest BCUT2D eigenvalue weighted by Gasteiger charge is 2.13. The van der Waals surface area contributed by atoms with Gasteiger partial charge in [-0.15, -0.1) is 0 Å². The van der Waals surface area contributed by atoms with E-state index in [1.165, 1.54) is 0 Å². The third-order valence-corrected chi connectivity index (χ3v) is 3.71. The van der Waals surface area contributed by atoms with Crippen molar-refractivity contribution in [1.82, 2.24) is 0 Å². The van der Waals surface area contributed by atoms with Crippen LogP contribution in [0.3, 0.4) is 0 Å². The third-order valence-electron chi connectivity index (χ3n) is 3.05. The average molecular weight is 331 g/mol. The van der Waals surface area contributed by atoms with Crippen molar-refractivity contribution in [2.45, 2.75) is 6.54 Å². The summed E-state index contributed by atoms with van der Waals surface area (Å²) < 4.78 is 11.4. The summed E-state index contributed by atoms with van der Waals surface area (Å²) >= 11 is 3.38. The first-order valence-electron chi connectivity index (χ1n) is 6.09. The Morgan fingerprint density at radius 3 is 2.90 bits per heavy atom. The standard InChI is InChI=1S/C15H11BrN2O2/c16-12-2-1-3-13(11(12)7-17)18-8-10-4-5-14-15(6-10)20-9-19-14/h1-6,18H,8-9H2. The van der Waals surface area contributed by atoms with Crippen molar-refractivity contribution in [1.29, 1.82) is 5.26 Å². The molecule has 2 aromatic rings. The van der Waals surface area contributed by atoms with Gasteiger partial charge < -0.3 is 14.8 Å². The lowest BCUT2D eigenvalue weighted by Gasteiger charge is -2.09. The SMILES string of the molecule is N#Cc1c(Br)cccc1NCc1ccc2c(c1)OCO2. The van der Waals surface area contributed by atoms with Gasteiger partial charge in [-0.05, 0) is 45.8 Å². The Morgan fingerprint density at radius 1 is 1.20 bits per heavy atom. The van der Waals surface area contributed by atoms with Crippen LogP contribution in [0.15, 0.2) is 40.9 Å². The first-order chi connectivity index (χ1) is 9.78. The van der Waals surface area contributed by atoms with Gasteiger partial charge in [0.2, 0.25) is 6.79 Å². The number of rotatable bonds is 3. The van der Waals surface area contributed by atoms with E-state index >= 15 is 0 Å². The molecule has 0 aliphatic carbocycles. The molecule has 0 amide bonds. The Kier molecular flexibility index (Phi) is 3.48. The van der Waals surface area contributed by atoms with E-state index in [1.807, 2.05) is 36.4 Å². The number of fused-ring (bicyclic) bond motifs is 1. The summed E-state index contributed by atoms with van der Waals surface area (Å²) in [5, 5.41) is 12.4. The second-order valence-corrected chi connectivity index (χ2v) is 5.17. The van der Waals surface area contributed by atoms with Crippen molar-refractivity contribution in [3.8, 4) is 17.6 Å². The summed E-state index contributed by atoms with van der Waals surface area (Å²) in [5.41, 5.74) is 2.48. The highest BCUT2D eigenvalue weighted by atomic mass is 79.9. The molecule has 100 valence electrons. The quantitative estimate of drug-likeness (QED) is 0.933. The Bertz CT molecular complexity index is 695. The lowest BCUT2D eigenvalue weighted by atomic mass is 10.1. The van der Waals surface area contributed by atoms with Crippen LogP contribution in [0, 0.1) is 11.3 Å². The van der Waals surface area contributed by atoms with E-state index in [1.54, 1.807) is 0 Å². The maximum Gasteiger partial charge on any atom is 0.231 e. The van der Waals surface area contributed by atoms with E-state index in [-0.39, 0.29) is 6.79 Å². The molecule has 0 spiro atoms. The molecule has 0 fully saturated rings. The minimum absolute atomic E-state index is 0.274. The number of hydrogen-bond donors (Lipinski definition) is 1. The Labute approximate surface area is 125 Å². The average Bonchev–Trinajstić information content (AvgIpc) is 2.92. The molecule has 1 N–H and O–H groups in total. The van der Waals surface area contributed by atoms with Crippen LogP contribution in [-0.4, -0.2) is 6.79 Å². The molecule has 0 atom stereocenters. The van der Waals surface area contributed by atoms with Crippen molar-refractivity contribution >= 4 is 21.6 Å². The van der Waals surface area contributed by atoms with E-state index in [2.05, 4.69) is 27.3 Å². The molecule has 0 saturated heterocycles. The highest BCUT2D eigenvalue weighted by molar-refractivity contribution is 9.10. The monoisotopic (exact) mass is 330 g/mol. The molecule has 1 heterocycles. The van der Waals surface area contributed by atoms with Gasteiger partial charge in [0.25, 0.3) is 0 Å². The van der Waals surface area contributed by atoms with Crippen LogP contribution in [0.5, 0.6) is 11.5 Å². The zero-order valence-electron chi connectivity index (χ0n) is 10.5. The van der Waals surface area contributed by atoms with Crippen LogP contribution in [0.2, 0.25) is 0 Å². The van der Waals surface area contributed by atoms with Gasteiger partial charge in [-0.1, -0.05) is 12.1 Å². The predicted molar refractivity (Wildman–Crippen MR) is 78.7 cm³/mol. The number of hydrogen-bond acceptors (Lipinski definition) is 4. The predicted octanol–water partition coefficient (Wildman–Crippen LogP) is 3.66. The van der Waals surface area contributed by atoms with Crippen LogP contribution in [0.4, 0.5) is 5.69 Å². The van der Waals surface area contributed by atoms with Crippen molar-refractivity contribution in [3.63, 3.8) is 0 Å². The van der Waals surface area contributed by atoms with E-state index in [4.69, 9.17) is 14.7 Å². The molecule has 4 nitrogen and oxygen atoms in total. The molecule has 1 aliphatic heterocycles. The maximum absolute atomic E-state index is 9.17. The molecular formula is C15H11BrN2O2. The summed E-state index contributed by atoms with van der Waals surface area (Å²) in [6.07, 6.45) is 0. The van der Waals surface area contributed by atoms with Crippen LogP contribution in [0.1, 0.15) is 11.1 Å². The second-order valence-electron chi connectivity index (χ2n) is 4.32. The fourth-order valence-corrected chi connectivity index (χ4v) is 2.49. The molecule has 1 aliphatic rings. The summed E-state index contributed by atoms with van der Waals surface area (Å²) in [4.78, 5) is 0. The third kappa shape index (κ3) is 2.43. The molecule has 0 radical (unpaired) electrons. The zero-order valence-corrected chi connectivity index (χ0v) is 12.1.